The summed E-state index contributed by atoms with van der Waals surface area (Å²) in [5.41, 5.74) is 1.00. The lowest BCUT2D eigenvalue weighted by Crippen LogP contribution is -2.42. The second-order valence-corrected chi connectivity index (χ2v) is 5.14. The molecule has 0 fully saturated rings. The first-order valence-electron chi connectivity index (χ1n) is 6.73. The van der Waals surface area contributed by atoms with E-state index in [0.29, 0.717) is 5.69 Å². The van der Waals surface area contributed by atoms with E-state index >= 15 is 0 Å². The molecule has 1 aromatic carbocycles. The molecule has 22 heavy (non-hydrogen) atoms. The van der Waals surface area contributed by atoms with Crippen molar-refractivity contribution in [3.63, 3.8) is 0 Å². The third kappa shape index (κ3) is 2.49. The van der Waals surface area contributed by atoms with Gasteiger partial charge in [-0.25, -0.2) is 8.78 Å². The fourth-order valence-corrected chi connectivity index (χ4v) is 2.28. The van der Waals surface area contributed by atoms with Crippen molar-refractivity contribution in [2.24, 2.45) is 0 Å². The number of rotatable bonds is 1. The number of ether oxygens (including phenoxy) is 1. The minimum atomic E-state index is -1.04. The Kier molecular flexibility index (Phi) is 3.48. The van der Waals surface area contributed by atoms with Crippen LogP contribution in [0.25, 0.3) is 0 Å². The van der Waals surface area contributed by atoms with Crippen LogP contribution in [0.1, 0.15) is 23.1 Å². The highest BCUT2D eigenvalue weighted by atomic mass is 19.2. The van der Waals surface area contributed by atoms with Gasteiger partial charge in [0.25, 0.3) is 5.91 Å². The monoisotopic (exact) mass is 305 g/mol. The van der Waals surface area contributed by atoms with Gasteiger partial charge in [-0.1, -0.05) is 0 Å². The van der Waals surface area contributed by atoms with Crippen LogP contribution in [0.15, 0.2) is 24.3 Å². The van der Waals surface area contributed by atoms with Crippen molar-refractivity contribution in [2.45, 2.75) is 20.0 Å². The van der Waals surface area contributed by atoms with Gasteiger partial charge < -0.3 is 4.74 Å². The van der Waals surface area contributed by atoms with E-state index in [2.05, 4.69) is 10.2 Å². The van der Waals surface area contributed by atoms with Crippen molar-refractivity contribution in [1.29, 1.82) is 0 Å². The zero-order valence-corrected chi connectivity index (χ0v) is 12.0. The molecule has 1 aliphatic rings. The molecule has 2 aromatic rings. The third-order valence-corrected chi connectivity index (χ3v) is 3.32. The normalized spacial score (nSPS) is 16.9. The lowest BCUT2D eigenvalue weighted by Gasteiger charge is -2.33. The number of aromatic nitrogens is 2. The lowest BCUT2D eigenvalue weighted by molar-refractivity contribution is 0.0955. The highest BCUT2D eigenvalue weighted by Gasteiger charge is 2.30. The highest BCUT2D eigenvalue weighted by molar-refractivity contribution is 6.05. The molecule has 114 valence electrons. The number of hydrogen-bond acceptors (Lipinski definition) is 4. The maximum absolute atomic E-state index is 13.5. The molecule has 1 amide bonds. The summed E-state index contributed by atoms with van der Waals surface area (Å²) in [6.07, 6.45) is -0.347. The van der Waals surface area contributed by atoms with Crippen LogP contribution in [0, 0.1) is 18.6 Å². The second kappa shape index (κ2) is 5.32. The van der Waals surface area contributed by atoms with Crippen molar-refractivity contribution in [1.82, 2.24) is 10.2 Å². The average molecular weight is 305 g/mol. The van der Waals surface area contributed by atoms with Gasteiger partial charge in [0.1, 0.15) is 11.9 Å². The number of amides is 1. The van der Waals surface area contributed by atoms with E-state index in [0.717, 1.165) is 12.1 Å². The van der Waals surface area contributed by atoms with E-state index in [-0.39, 0.29) is 29.8 Å². The van der Waals surface area contributed by atoms with Crippen LogP contribution in [0.5, 0.6) is 5.75 Å². The number of nitrogens with zero attached hydrogens (tertiary/aromatic N) is 3. The summed E-state index contributed by atoms with van der Waals surface area (Å²) in [5, 5.41) is 7.68. The standard InChI is InChI=1S/C15H13F2N3O2/c1-8-3-4-12(19-18-8)15(21)20-7-9(2)22-14-6-11(17)10(16)5-13(14)20/h3-6,9H,7H2,1-2H3. The zero-order chi connectivity index (χ0) is 15.9. The predicted molar refractivity (Wildman–Crippen MR) is 74.9 cm³/mol. The van der Waals surface area contributed by atoms with Crippen LogP contribution in [0.3, 0.4) is 0 Å². The first-order valence-corrected chi connectivity index (χ1v) is 6.73. The lowest BCUT2D eigenvalue weighted by atomic mass is 10.1. The van der Waals surface area contributed by atoms with Crippen LogP contribution < -0.4 is 9.64 Å². The average Bonchev–Trinajstić information content (AvgIpc) is 2.48. The van der Waals surface area contributed by atoms with Crippen molar-refractivity contribution >= 4 is 11.6 Å². The van der Waals surface area contributed by atoms with E-state index in [9.17, 15) is 13.6 Å². The topological polar surface area (TPSA) is 55.3 Å². The molecule has 0 radical (unpaired) electrons. The third-order valence-electron chi connectivity index (χ3n) is 3.32. The Morgan fingerprint density at radius 3 is 2.68 bits per heavy atom. The molecule has 7 heteroatoms. The fourth-order valence-electron chi connectivity index (χ4n) is 2.28. The fraction of sp³-hybridized carbons (Fsp3) is 0.267. The maximum Gasteiger partial charge on any atom is 0.279 e. The van der Waals surface area contributed by atoms with E-state index in [1.165, 1.54) is 4.90 Å². The molecule has 0 saturated carbocycles. The number of carbonyl (C=O) groups is 1. The first kappa shape index (κ1) is 14.4. The summed E-state index contributed by atoms with van der Waals surface area (Å²) in [4.78, 5) is 13.9. The molecule has 2 heterocycles. The van der Waals surface area contributed by atoms with Gasteiger partial charge in [-0.15, -0.1) is 5.10 Å². The van der Waals surface area contributed by atoms with Crippen LogP contribution >= 0.6 is 0 Å². The van der Waals surface area contributed by atoms with Gasteiger partial charge >= 0.3 is 0 Å². The molecule has 3 rings (SSSR count). The first-order chi connectivity index (χ1) is 10.5. The summed E-state index contributed by atoms with van der Waals surface area (Å²) in [6.45, 7) is 3.71. The Morgan fingerprint density at radius 2 is 2.00 bits per heavy atom. The van der Waals surface area contributed by atoms with Crippen molar-refractivity contribution in [2.75, 3.05) is 11.4 Å². The largest absolute Gasteiger partial charge is 0.487 e. The van der Waals surface area contributed by atoms with Gasteiger partial charge in [0, 0.05) is 12.1 Å². The number of fused-ring (bicyclic) bond motifs is 1. The van der Waals surface area contributed by atoms with Gasteiger partial charge in [0.15, 0.2) is 17.3 Å². The molecule has 0 aliphatic carbocycles. The zero-order valence-electron chi connectivity index (χ0n) is 12.0. The SMILES string of the molecule is Cc1ccc(C(=O)N2CC(C)Oc3cc(F)c(F)cc32)nn1. The van der Waals surface area contributed by atoms with Gasteiger partial charge in [0.05, 0.1) is 17.9 Å². The van der Waals surface area contributed by atoms with Crippen LogP contribution in [-0.2, 0) is 0 Å². The molecule has 0 bridgehead atoms. The van der Waals surface area contributed by atoms with E-state index in [4.69, 9.17) is 4.74 Å². The Balaban J connectivity index is 2.03. The molecule has 1 unspecified atom stereocenters. The molecule has 0 spiro atoms. The van der Waals surface area contributed by atoms with Gasteiger partial charge in [-0.2, -0.15) is 5.10 Å². The van der Waals surface area contributed by atoms with Gasteiger partial charge in [0.2, 0.25) is 0 Å². The van der Waals surface area contributed by atoms with Crippen molar-refractivity contribution < 1.29 is 18.3 Å². The van der Waals surface area contributed by atoms with E-state index < -0.39 is 17.5 Å². The quantitative estimate of drug-likeness (QED) is 0.812. The molecule has 1 aliphatic heterocycles. The summed E-state index contributed by atoms with van der Waals surface area (Å²) in [6, 6.07) is 5.11. The van der Waals surface area contributed by atoms with Crippen molar-refractivity contribution in [3.05, 3.63) is 47.3 Å². The van der Waals surface area contributed by atoms with E-state index in [1.54, 1.807) is 26.0 Å². The summed E-state index contributed by atoms with van der Waals surface area (Å²) < 4.78 is 32.3. The van der Waals surface area contributed by atoms with Crippen LogP contribution in [-0.4, -0.2) is 28.8 Å². The minimum Gasteiger partial charge on any atom is -0.487 e. The summed E-state index contributed by atoms with van der Waals surface area (Å²) in [5.74, 6) is -2.36. The molecule has 0 saturated heterocycles. The van der Waals surface area contributed by atoms with E-state index in [1.807, 2.05) is 0 Å². The Hall–Kier alpha value is -2.57. The Labute approximate surface area is 125 Å². The maximum atomic E-state index is 13.5. The molecule has 0 N–H and O–H groups in total. The Morgan fingerprint density at radius 1 is 1.27 bits per heavy atom. The second-order valence-electron chi connectivity index (χ2n) is 5.14. The number of carbonyl (C=O) groups excluding carboxylic acids is 1. The predicted octanol–water partition coefficient (Wildman–Crippen LogP) is 2.49. The summed E-state index contributed by atoms with van der Waals surface area (Å²) >= 11 is 0. The van der Waals surface area contributed by atoms with Gasteiger partial charge in [-0.05, 0) is 26.0 Å². The molecule has 1 aromatic heterocycles. The smallest absolute Gasteiger partial charge is 0.279 e. The van der Waals surface area contributed by atoms with Gasteiger partial charge in [-0.3, -0.25) is 9.69 Å². The number of anilines is 1. The summed E-state index contributed by atoms with van der Waals surface area (Å²) in [7, 11) is 0. The Bertz CT molecular complexity index is 734. The number of aryl methyl sites for hydroxylation is 1. The molecule has 5 nitrogen and oxygen atoms in total. The highest BCUT2D eigenvalue weighted by Crippen LogP contribution is 2.35. The molecular weight excluding hydrogens is 292 g/mol. The van der Waals surface area contributed by atoms with Crippen LogP contribution in [0.4, 0.5) is 14.5 Å². The van der Waals surface area contributed by atoms with Crippen LogP contribution in [0.2, 0.25) is 0 Å². The number of hydrogen-bond donors (Lipinski definition) is 0. The van der Waals surface area contributed by atoms with Crippen molar-refractivity contribution in [3.8, 4) is 5.75 Å². The minimum absolute atomic E-state index is 0.131. The molecular formula is C15H13F2N3O2. The molecule has 1 atom stereocenters. The number of benzene rings is 1. The number of halogens is 2.